The normalized spacial score (nSPS) is 13.7. The Kier molecular flexibility index (Phi) is 10.1. The van der Waals surface area contributed by atoms with Gasteiger partial charge in [-0.1, -0.05) is 36.4 Å². The van der Waals surface area contributed by atoms with E-state index in [1.807, 2.05) is 17.9 Å². The molecule has 1 saturated heterocycles. The van der Waals surface area contributed by atoms with Crippen LogP contribution < -0.4 is 15.4 Å². The second kappa shape index (κ2) is 12.5. The molecule has 7 heteroatoms. The van der Waals surface area contributed by atoms with Crippen LogP contribution in [-0.4, -0.2) is 44.0 Å². The lowest BCUT2D eigenvalue weighted by molar-refractivity contribution is -0.128. The molecule has 2 aromatic rings. The highest BCUT2D eigenvalue weighted by Crippen LogP contribution is 2.19. The van der Waals surface area contributed by atoms with Crippen LogP contribution in [0.1, 0.15) is 35.1 Å². The van der Waals surface area contributed by atoms with E-state index in [0.29, 0.717) is 19.5 Å². The van der Waals surface area contributed by atoms with Gasteiger partial charge in [0.25, 0.3) is 0 Å². The number of likely N-dealkylation sites (tertiary alicyclic amines) is 1. The predicted molar refractivity (Wildman–Crippen MR) is 136 cm³/mol. The minimum atomic E-state index is 0. The molecule has 0 atom stereocenters. The van der Waals surface area contributed by atoms with Crippen molar-refractivity contribution in [2.75, 3.05) is 27.2 Å². The van der Waals surface area contributed by atoms with Gasteiger partial charge in [0, 0.05) is 39.6 Å². The lowest BCUT2D eigenvalue weighted by Crippen LogP contribution is -2.37. The van der Waals surface area contributed by atoms with Gasteiger partial charge in [0.15, 0.2) is 5.96 Å². The second-order valence-corrected chi connectivity index (χ2v) is 7.65. The van der Waals surface area contributed by atoms with E-state index in [1.165, 1.54) is 16.7 Å². The number of ether oxygens (including phenoxy) is 1. The minimum absolute atomic E-state index is 0. The maximum atomic E-state index is 11.9. The Labute approximate surface area is 202 Å². The van der Waals surface area contributed by atoms with Crippen LogP contribution in [0.4, 0.5) is 0 Å². The first-order chi connectivity index (χ1) is 14.6. The van der Waals surface area contributed by atoms with Crippen molar-refractivity contribution in [1.29, 1.82) is 0 Å². The van der Waals surface area contributed by atoms with E-state index in [-0.39, 0.29) is 29.9 Å². The van der Waals surface area contributed by atoms with Crippen LogP contribution in [0.2, 0.25) is 0 Å². The number of nitrogens with zero attached hydrogens (tertiary/aromatic N) is 2. The fourth-order valence-corrected chi connectivity index (χ4v) is 3.68. The zero-order chi connectivity index (χ0) is 21.3. The Balaban J connectivity index is 0.00000341. The Bertz CT molecular complexity index is 901. The summed E-state index contributed by atoms with van der Waals surface area (Å²) in [6, 6.07) is 14.7. The number of hydrogen-bond acceptors (Lipinski definition) is 3. The summed E-state index contributed by atoms with van der Waals surface area (Å²) in [6.45, 7) is 5.07. The maximum Gasteiger partial charge on any atom is 0.222 e. The number of halogens is 1. The van der Waals surface area contributed by atoms with Crippen LogP contribution in [0.5, 0.6) is 5.75 Å². The molecular formula is C24H33IN4O2. The summed E-state index contributed by atoms with van der Waals surface area (Å²) >= 11 is 0. The average molecular weight is 536 g/mol. The van der Waals surface area contributed by atoms with Gasteiger partial charge in [-0.15, -0.1) is 24.0 Å². The molecule has 0 aliphatic carbocycles. The van der Waals surface area contributed by atoms with Crippen LogP contribution in [0, 0.1) is 6.92 Å². The minimum Gasteiger partial charge on any atom is -0.496 e. The highest BCUT2D eigenvalue weighted by atomic mass is 127. The van der Waals surface area contributed by atoms with E-state index in [4.69, 9.17) is 4.74 Å². The first-order valence-corrected chi connectivity index (χ1v) is 10.5. The van der Waals surface area contributed by atoms with E-state index >= 15 is 0 Å². The van der Waals surface area contributed by atoms with Crippen molar-refractivity contribution in [3.8, 4) is 5.75 Å². The number of amides is 1. The lowest BCUT2D eigenvalue weighted by atomic mass is 10.1. The monoisotopic (exact) mass is 536 g/mol. The maximum absolute atomic E-state index is 11.9. The Morgan fingerprint density at radius 1 is 1.13 bits per heavy atom. The van der Waals surface area contributed by atoms with Gasteiger partial charge in [-0.2, -0.15) is 0 Å². The third-order valence-corrected chi connectivity index (χ3v) is 5.40. The molecule has 0 saturated carbocycles. The molecule has 6 nitrogen and oxygen atoms in total. The highest BCUT2D eigenvalue weighted by molar-refractivity contribution is 14.0. The van der Waals surface area contributed by atoms with Gasteiger partial charge in [-0.25, -0.2) is 0 Å². The van der Waals surface area contributed by atoms with Crippen LogP contribution in [0.25, 0.3) is 0 Å². The van der Waals surface area contributed by atoms with E-state index in [2.05, 4.69) is 52.0 Å². The molecule has 1 heterocycles. The summed E-state index contributed by atoms with van der Waals surface area (Å²) in [5.41, 5.74) is 4.71. The largest absolute Gasteiger partial charge is 0.496 e. The SMILES string of the molecule is CN=C(NCCc1ccc(C)c(OC)c1)NCc1cccc(CN2CCCC2=O)c1.I. The van der Waals surface area contributed by atoms with Gasteiger partial charge in [0.05, 0.1) is 7.11 Å². The van der Waals surface area contributed by atoms with Crippen molar-refractivity contribution in [3.05, 3.63) is 64.7 Å². The fourth-order valence-electron chi connectivity index (χ4n) is 3.68. The number of carbonyl (C=O) groups is 1. The van der Waals surface area contributed by atoms with Crippen molar-refractivity contribution in [2.45, 2.75) is 39.3 Å². The van der Waals surface area contributed by atoms with Crippen molar-refractivity contribution in [2.24, 2.45) is 4.99 Å². The van der Waals surface area contributed by atoms with E-state index in [9.17, 15) is 4.79 Å². The number of carbonyl (C=O) groups excluding carboxylic acids is 1. The van der Waals surface area contributed by atoms with Gasteiger partial charge in [-0.3, -0.25) is 9.79 Å². The molecule has 2 aromatic carbocycles. The van der Waals surface area contributed by atoms with Crippen molar-refractivity contribution in [1.82, 2.24) is 15.5 Å². The fraction of sp³-hybridized carbons (Fsp3) is 0.417. The number of nitrogens with one attached hydrogen (secondary N) is 2. The van der Waals surface area contributed by atoms with E-state index in [0.717, 1.165) is 43.2 Å². The molecule has 3 rings (SSSR count). The van der Waals surface area contributed by atoms with Crippen molar-refractivity contribution >= 4 is 35.8 Å². The van der Waals surface area contributed by atoms with Gasteiger partial charge < -0.3 is 20.3 Å². The van der Waals surface area contributed by atoms with Crippen LogP contribution >= 0.6 is 24.0 Å². The predicted octanol–water partition coefficient (Wildman–Crippen LogP) is 3.65. The lowest BCUT2D eigenvalue weighted by Gasteiger charge is -2.16. The third kappa shape index (κ3) is 7.41. The summed E-state index contributed by atoms with van der Waals surface area (Å²) in [5.74, 6) is 1.95. The summed E-state index contributed by atoms with van der Waals surface area (Å²) in [6.07, 6.45) is 2.53. The molecule has 0 aromatic heterocycles. The summed E-state index contributed by atoms with van der Waals surface area (Å²) < 4.78 is 5.40. The number of guanidine groups is 1. The molecule has 1 aliphatic heterocycles. The summed E-state index contributed by atoms with van der Waals surface area (Å²) in [5, 5.41) is 6.73. The zero-order valence-electron chi connectivity index (χ0n) is 18.6. The Morgan fingerprint density at radius 3 is 2.65 bits per heavy atom. The van der Waals surface area contributed by atoms with Gasteiger partial charge >= 0.3 is 0 Å². The standard InChI is InChI=1S/C24H32N4O2.HI/c1-18-9-10-19(15-22(18)30-3)11-12-26-24(25-2)27-16-20-6-4-7-21(14-20)17-28-13-5-8-23(28)29;/h4,6-7,9-10,14-15H,5,8,11-13,16-17H2,1-3H3,(H2,25,26,27);1H. The average Bonchev–Trinajstić information content (AvgIpc) is 3.16. The number of hydrogen-bond donors (Lipinski definition) is 2. The van der Waals surface area contributed by atoms with Gasteiger partial charge in [0.2, 0.25) is 5.91 Å². The first-order valence-electron chi connectivity index (χ1n) is 10.5. The zero-order valence-corrected chi connectivity index (χ0v) is 20.9. The molecule has 0 radical (unpaired) electrons. The number of aliphatic imine (C=N–C) groups is 1. The van der Waals surface area contributed by atoms with Crippen molar-refractivity contribution in [3.63, 3.8) is 0 Å². The smallest absolute Gasteiger partial charge is 0.222 e. The number of methoxy groups -OCH3 is 1. The summed E-state index contributed by atoms with van der Waals surface area (Å²) in [4.78, 5) is 18.1. The second-order valence-electron chi connectivity index (χ2n) is 7.65. The molecule has 1 aliphatic rings. The quantitative estimate of drug-likeness (QED) is 0.307. The van der Waals surface area contributed by atoms with Crippen LogP contribution in [-0.2, 0) is 24.3 Å². The molecule has 0 unspecified atom stereocenters. The highest BCUT2D eigenvalue weighted by Gasteiger charge is 2.19. The van der Waals surface area contributed by atoms with Crippen LogP contribution in [0.15, 0.2) is 47.5 Å². The number of aryl methyl sites for hydroxylation is 1. The molecule has 31 heavy (non-hydrogen) atoms. The summed E-state index contributed by atoms with van der Waals surface area (Å²) in [7, 11) is 3.48. The topological polar surface area (TPSA) is 66.0 Å². The number of benzene rings is 2. The number of rotatable bonds is 8. The third-order valence-electron chi connectivity index (χ3n) is 5.40. The molecule has 0 bridgehead atoms. The molecule has 1 fully saturated rings. The van der Waals surface area contributed by atoms with Crippen LogP contribution in [0.3, 0.4) is 0 Å². The molecule has 168 valence electrons. The molecule has 1 amide bonds. The first kappa shape index (κ1) is 25.0. The molecule has 2 N–H and O–H groups in total. The van der Waals surface area contributed by atoms with E-state index < -0.39 is 0 Å². The van der Waals surface area contributed by atoms with E-state index in [1.54, 1.807) is 14.2 Å². The molecule has 0 spiro atoms. The Hall–Kier alpha value is -2.29. The van der Waals surface area contributed by atoms with Crippen molar-refractivity contribution < 1.29 is 9.53 Å². The van der Waals surface area contributed by atoms with Gasteiger partial charge in [-0.05, 0) is 48.1 Å². The molecular weight excluding hydrogens is 503 g/mol. The van der Waals surface area contributed by atoms with Gasteiger partial charge in [0.1, 0.15) is 5.75 Å². The Morgan fingerprint density at radius 2 is 1.94 bits per heavy atom.